The minimum atomic E-state index is -1.01. The van der Waals surface area contributed by atoms with E-state index >= 15 is 0 Å². The average Bonchev–Trinajstić information content (AvgIpc) is 3.00. The van der Waals surface area contributed by atoms with Crippen LogP contribution in [0.2, 0.25) is 0 Å². The third-order valence-electron chi connectivity index (χ3n) is 6.75. The SMILES string of the molecule is NCc1ccccc1-c1ccc([C@@H]2O[C@H](CSc3ncccc3C(=O)O)C[C@H](c3ccc(CO)cc3)O2)cc1. The number of aromatic nitrogens is 1. The van der Waals surface area contributed by atoms with E-state index < -0.39 is 12.3 Å². The normalized spacial score (nSPS) is 19.1. The van der Waals surface area contributed by atoms with Crippen LogP contribution in [0.1, 0.15) is 51.4 Å². The second-order valence-corrected chi connectivity index (χ2v) is 10.3. The van der Waals surface area contributed by atoms with Crippen molar-refractivity contribution < 1.29 is 24.5 Å². The molecule has 4 aromatic rings. The number of carboxylic acids is 1. The molecule has 3 aromatic carbocycles. The van der Waals surface area contributed by atoms with E-state index in [1.54, 1.807) is 18.3 Å². The first-order valence-electron chi connectivity index (χ1n) is 12.8. The maximum atomic E-state index is 11.6. The zero-order valence-electron chi connectivity index (χ0n) is 21.3. The lowest BCUT2D eigenvalue weighted by Crippen LogP contribution is -2.31. The van der Waals surface area contributed by atoms with E-state index in [1.807, 2.05) is 66.7 Å². The van der Waals surface area contributed by atoms with Crippen LogP contribution in [0.25, 0.3) is 11.1 Å². The van der Waals surface area contributed by atoms with Gasteiger partial charge in [-0.3, -0.25) is 0 Å². The zero-order chi connectivity index (χ0) is 27.2. The van der Waals surface area contributed by atoms with Crippen LogP contribution in [-0.2, 0) is 22.6 Å². The number of hydrogen-bond donors (Lipinski definition) is 3. The van der Waals surface area contributed by atoms with Gasteiger partial charge in [0.25, 0.3) is 0 Å². The summed E-state index contributed by atoms with van der Waals surface area (Å²) >= 11 is 1.37. The van der Waals surface area contributed by atoms with Crippen LogP contribution >= 0.6 is 11.8 Å². The molecule has 39 heavy (non-hydrogen) atoms. The predicted molar refractivity (Wildman–Crippen MR) is 150 cm³/mol. The lowest BCUT2D eigenvalue weighted by molar-refractivity contribution is -0.245. The van der Waals surface area contributed by atoms with E-state index in [0.717, 1.165) is 33.4 Å². The van der Waals surface area contributed by atoms with Crippen LogP contribution in [0, 0.1) is 0 Å². The van der Waals surface area contributed by atoms with Crippen molar-refractivity contribution in [2.24, 2.45) is 5.73 Å². The number of ether oxygens (including phenoxy) is 2. The number of aliphatic hydroxyl groups is 1. The second-order valence-electron chi connectivity index (χ2n) is 9.31. The first-order chi connectivity index (χ1) is 19.1. The molecule has 1 saturated heterocycles. The van der Waals surface area contributed by atoms with Crippen molar-refractivity contribution >= 4 is 17.7 Å². The molecule has 8 heteroatoms. The highest BCUT2D eigenvalue weighted by Gasteiger charge is 2.32. The van der Waals surface area contributed by atoms with Gasteiger partial charge in [0.05, 0.1) is 24.4 Å². The summed E-state index contributed by atoms with van der Waals surface area (Å²) < 4.78 is 12.8. The van der Waals surface area contributed by atoms with Gasteiger partial charge in [0.2, 0.25) is 0 Å². The third-order valence-corrected chi connectivity index (χ3v) is 7.89. The number of hydrogen-bond acceptors (Lipinski definition) is 7. The van der Waals surface area contributed by atoms with Crippen molar-refractivity contribution in [3.05, 3.63) is 119 Å². The Balaban J connectivity index is 1.38. The quantitative estimate of drug-likeness (QED) is 0.230. The van der Waals surface area contributed by atoms with Gasteiger partial charge >= 0.3 is 5.97 Å². The van der Waals surface area contributed by atoms with Gasteiger partial charge in [-0.1, -0.05) is 72.8 Å². The number of nitrogens with zero attached hydrogens (tertiary/aromatic N) is 1. The van der Waals surface area contributed by atoms with Crippen molar-refractivity contribution in [3.8, 4) is 11.1 Å². The van der Waals surface area contributed by atoms with Crippen LogP contribution in [0.5, 0.6) is 0 Å². The molecule has 1 fully saturated rings. The fraction of sp³-hybridized carbons (Fsp3) is 0.226. The summed E-state index contributed by atoms with van der Waals surface area (Å²) in [5.41, 5.74) is 12.1. The molecule has 1 aliphatic rings. The summed E-state index contributed by atoms with van der Waals surface area (Å²) in [5.74, 6) is -0.487. The Morgan fingerprint density at radius 1 is 0.949 bits per heavy atom. The Bertz CT molecular complexity index is 1410. The molecule has 3 atom stereocenters. The topological polar surface area (TPSA) is 115 Å². The molecule has 5 rings (SSSR count). The minimum absolute atomic E-state index is 0.0214. The fourth-order valence-electron chi connectivity index (χ4n) is 4.66. The molecule has 1 aliphatic heterocycles. The molecule has 0 aliphatic carbocycles. The van der Waals surface area contributed by atoms with Gasteiger partial charge in [-0.2, -0.15) is 0 Å². The number of carbonyl (C=O) groups is 1. The number of aliphatic hydroxyl groups excluding tert-OH is 1. The fourth-order valence-corrected chi connectivity index (χ4v) is 5.67. The molecule has 0 bridgehead atoms. The van der Waals surface area contributed by atoms with Crippen molar-refractivity contribution in [1.29, 1.82) is 0 Å². The smallest absolute Gasteiger partial charge is 0.338 e. The summed E-state index contributed by atoms with van der Waals surface area (Å²) in [6.45, 7) is 0.440. The predicted octanol–water partition coefficient (Wildman–Crippen LogP) is 5.74. The number of benzene rings is 3. The Labute approximate surface area is 231 Å². The summed E-state index contributed by atoms with van der Waals surface area (Å²) in [6.07, 6.45) is 1.14. The largest absolute Gasteiger partial charge is 0.478 e. The van der Waals surface area contributed by atoms with E-state index in [9.17, 15) is 15.0 Å². The number of aromatic carboxylic acids is 1. The number of rotatable bonds is 9. The molecular weight excluding hydrogens is 512 g/mol. The average molecular weight is 543 g/mol. The number of thioether (sulfide) groups is 1. The minimum Gasteiger partial charge on any atom is -0.478 e. The highest BCUT2D eigenvalue weighted by molar-refractivity contribution is 7.99. The zero-order valence-corrected chi connectivity index (χ0v) is 22.1. The van der Waals surface area contributed by atoms with E-state index in [1.165, 1.54) is 11.8 Å². The van der Waals surface area contributed by atoms with E-state index in [4.69, 9.17) is 15.2 Å². The van der Waals surface area contributed by atoms with Crippen LogP contribution in [0.3, 0.4) is 0 Å². The molecule has 2 heterocycles. The van der Waals surface area contributed by atoms with Crippen LogP contribution < -0.4 is 5.73 Å². The number of nitrogens with two attached hydrogens (primary N) is 1. The molecule has 0 spiro atoms. The maximum Gasteiger partial charge on any atom is 0.338 e. The summed E-state index contributed by atoms with van der Waals surface area (Å²) in [4.78, 5) is 15.9. The van der Waals surface area contributed by atoms with Crippen LogP contribution in [0.15, 0.2) is 96.2 Å². The second kappa shape index (κ2) is 12.5. The van der Waals surface area contributed by atoms with Gasteiger partial charge < -0.3 is 25.4 Å². The molecular formula is C31H30N2O5S. The van der Waals surface area contributed by atoms with E-state index in [2.05, 4.69) is 11.1 Å². The number of pyridine rings is 1. The summed E-state index contributed by atoms with van der Waals surface area (Å²) in [7, 11) is 0. The van der Waals surface area contributed by atoms with Crippen molar-refractivity contribution in [3.63, 3.8) is 0 Å². The summed E-state index contributed by atoms with van der Waals surface area (Å²) in [5, 5.41) is 19.4. The number of carboxylic acid groups (broad SMARTS) is 1. The molecule has 4 N–H and O–H groups in total. The Morgan fingerprint density at radius 3 is 2.41 bits per heavy atom. The van der Waals surface area contributed by atoms with Crippen LogP contribution in [0.4, 0.5) is 0 Å². The van der Waals surface area contributed by atoms with Crippen molar-refractivity contribution in [2.45, 2.75) is 43.1 Å². The van der Waals surface area contributed by atoms with Gasteiger partial charge in [0.1, 0.15) is 5.03 Å². The van der Waals surface area contributed by atoms with Gasteiger partial charge in [-0.05, 0) is 39.9 Å². The van der Waals surface area contributed by atoms with E-state index in [-0.39, 0.29) is 24.4 Å². The third kappa shape index (κ3) is 6.38. The molecule has 200 valence electrons. The van der Waals surface area contributed by atoms with Gasteiger partial charge in [-0.25, -0.2) is 9.78 Å². The first-order valence-corrected chi connectivity index (χ1v) is 13.7. The van der Waals surface area contributed by atoms with Crippen molar-refractivity contribution in [1.82, 2.24) is 4.98 Å². The standard InChI is InChI=1S/C31H30N2O5S/c32-17-24-4-1-2-5-26(24)21-11-13-23(14-12-21)31-37-25(19-39-29-27(30(35)36)6-3-15-33-29)16-28(38-31)22-9-7-20(18-34)8-10-22/h1-15,25,28,31,34H,16-19,32H2,(H,35,36)/t25-,28+,31+/m0/s1. The highest BCUT2D eigenvalue weighted by atomic mass is 32.2. The molecule has 0 amide bonds. The lowest BCUT2D eigenvalue weighted by atomic mass is 9.98. The summed E-state index contributed by atoms with van der Waals surface area (Å²) in [6, 6.07) is 27.1. The Kier molecular flexibility index (Phi) is 8.71. The monoisotopic (exact) mass is 542 g/mol. The highest BCUT2D eigenvalue weighted by Crippen LogP contribution is 2.40. The molecule has 0 saturated carbocycles. The molecule has 0 unspecified atom stereocenters. The van der Waals surface area contributed by atoms with Gasteiger partial charge in [-0.15, -0.1) is 11.8 Å². The lowest BCUT2D eigenvalue weighted by Gasteiger charge is -2.36. The van der Waals surface area contributed by atoms with Gasteiger partial charge in [0, 0.05) is 30.5 Å². The maximum absolute atomic E-state index is 11.6. The van der Waals surface area contributed by atoms with Gasteiger partial charge in [0.15, 0.2) is 6.29 Å². The van der Waals surface area contributed by atoms with Crippen molar-refractivity contribution in [2.75, 3.05) is 5.75 Å². The molecule has 1 aromatic heterocycles. The molecule has 0 radical (unpaired) electrons. The van der Waals surface area contributed by atoms with E-state index in [0.29, 0.717) is 23.7 Å². The van der Waals surface area contributed by atoms with Crippen LogP contribution in [-0.4, -0.2) is 33.0 Å². The Morgan fingerprint density at radius 2 is 1.69 bits per heavy atom. The molecule has 7 nitrogen and oxygen atoms in total. The first kappa shape index (κ1) is 27.1. The Hall–Kier alpha value is -3.53.